The molecule has 0 bridgehead atoms. The van der Waals surface area contributed by atoms with E-state index in [1.807, 2.05) is 42.7 Å². The number of amides is 2. The van der Waals surface area contributed by atoms with Crippen LogP contribution in [0.25, 0.3) is 11.8 Å². The summed E-state index contributed by atoms with van der Waals surface area (Å²) in [6, 6.07) is 18.2. The Hall–Kier alpha value is -4.33. The van der Waals surface area contributed by atoms with Gasteiger partial charge < -0.3 is 14.0 Å². The molecule has 0 atom stereocenters. The summed E-state index contributed by atoms with van der Waals surface area (Å²) >= 11 is 0. The third-order valence-corrected chi connectivity index (χ3v) is 5.36. The molecule has 8 heteroatoms. The van der Waals surface area contributed by atoms with E-state index < -0.39 is 17.8 Å². The van der Waals surface area contributed by atoms with Crippen LogP contribution in [0.2, 0.25) is 0 Å². The molecule has 0 aliphatic carbocycles. The van der Waals surface area contributed by atoms with Crippen molar-refractivity contribution in [1.82, 2.24) is 9.99 Å². The number of aromatic nitrogens is 1. The number of nitrogens with one attached hydrogen (secondary N) is 1. The average Bonchev–Trinajstić information content (AvgIpc) is 3.27. The number of benzene rings is 2. The fraction of sp³-hybridized carbons (Fsp3) is 0.160. The SMILES string of the molecule is COC(=O)COc1ccc(-n2c(C)cc(/C=C3/C(=O)NN(c4ccccc4)C3=O)c2C)cc1. The predicted octanol–water partition coefficient (Wildman–Crippen LogP) is 3.11. The highest BCUT2D eigenvalue weighted by Crippen LogP contribution is 2.26. The Labute approximate surface area is 191 Å². The first-order valence-corrected chi connectivity index (χ1v) is 10.3. The lowest BCUT2D eigenvalue weighted by Gasteiger charge is -2.13. The normalized spacial score (nSPS) is 14.5. The Balaban J connectivity index is 1.59. The number of hydrogen-bond acceptors (Lipinski definition) is 5. The quantitative estimate of drug-likeness (QED) is 0.358. The molecule has 3 aromatic rings. The molecule has 1 aromatic heterocycles. The van der Waals surface area contributed by atoms with Crippen molar-refractivity contribution >= 4 is 29.5 Å². The summed E-state index contributed by atoms with van der Waals surface area (Å²) in [6.07, 6.45) is 1.62. The van der Waals surface area contributed by atoms with E-state index in [9.17, 15) is 14.4 Å². The fourth-order valence-corrected chi connectivity index (χ4v) is 3.70. The summed E-state index contributed by atoms with van der Waals surface area (Å²) < 4.78 is 12.0. The van der Waals surface area contributed by atoms with Gasteiger partial charge >= 0.3 is 5.97 Å². The predicted molar refractivity (Wildman–Crippen MR) is 123 cm³/mol. The van der Waals surface area contributed by atoms with Gasteiger partial charge in [-0.15, -0.1) is 0 Å². The van der Waals surface area contributed by atoms with Crippen LogP contribution in [0.3, 0.4) is 0 Å². The molecule has 33 heavy (non-hydrogen) atoms. The molecule has 1 aliphatic heterocycles. The summed E-state index contributed by atoms with van der Waals surface area (Å²) in [5, 5.41) is 1.25. The number of hydrazine groups is 1. The molecule has 1 saturated heterocycles. The van der Waals surface area contributed by atoms with Gasteiger partial charge in [0.2, 0.25) is 0 Å². The number of hydrogen-bond donors (Lipinski definition) is 1. The first-order valence-electron chi connectivity index (χ1n) is 10.3. The minimum Gasteiger partial charge on any atom is -0.482 e. The Morgan fingerprint density at radius 1 is 1.00 bits per heavy atom. The van der Waals surface area contributed by atoms with Crippen molar-refractivity contribution < 1.29 is 23.9 Å². The largest absolute Gasteiger partial charge is 0.482 e. The Bertz CT molecular complexity index is 1240. The van der Waals surface area contributed by atoms with Crippen molar-refractivity contribution in [2.75, 3.05) is 18.7 Å². The standard InChI is InChI=1S/C25H23N3O5/c1-16-13-18(14-22-24(30)26-28(25(22)31)20-7-5-4-6-8-20)17(2)27(16)19-9-11-21(12-10-19)33-15-23(29)32-3/h4-14H,15H2,1-3H3,(H,26,30)/b22-14-. The smallest absolute Gasteiger partial charge is 0.343 e. The first-order chi connectivity index (χ1) is 15.9. The van der Waals surface area contributed by atoms with Gasteiger partial charge in [0.15, 0.2) is 6.61 Å². The van der Waals surface area contributed by atoms with Crippen LogP contribution in [0.4, 0.5) is 5.69 Å². The molecular weight excluding hydrogens is 422 g/mol. The second-order valence-corrected chi connectivity index (χ2v) is 7.50. The van der Waals surface area contributed by atoms with Crippen LogP contribution in [-0.4, -0.2) is 36.1 Å². The van der Waals surface area contributed by atoms with Crippen molar-refractivity contribution in [2.45, 2.75) is 13.8 Å². The van der Waals surface area contributed by atoms with E-state index in [0.717, 1.165) is 22.6 Å². The molecule has 0 saturated carbocycles. The number of carbonyl (C=O) groups excluding carboxylic acids is 3. The van der Waals surface area contributed by atoms with Gasteiger partial charge in [0.25, 0.3) is 11.8 Å². The minimum atomic E-state index is -0.454. The molecule has 8 nitrogen and oxygen atoms in total. The number of rotatable bonds is 6. The molecule has 1 aliphatic rings. The molecule has 0 spiro atoms. The van der Waals surface area contributed by atoms with E-state index in [2.05, 4.69) is 10.2 Å². The molecule has 2 heterocycles. The van der Waals surface area contributed by atoms with Crippen LogP contribution in [0, 0.1) is 13.8 Å². The number of nitrogens with zero attached hydrogens (tertiary/aromatic N) is 2. The van der Waals surface area contributed by atoms with Crippen molar-refractivity contribution in [3.8, 4) is 11.4 Å². The third kappa shape index (κ3) is 4.36. The second-order valence-electron chi connectivity index (χ2n) is 7.50. The van der Waals surface area contributed by atoms with Crippen LogP contribution >= 0.6 is 0 Å². The molecule has 2 aromatic carbocycles. The zero-order valence-electron chi connectivity index (χ0n) is 18.5. The lowest BCUT2D eigenvalue weighted by atomic mass is 10.1. The van der Waals surface area contributed by atoms with E-state index in [1.165, 1.54) is 12.1 Å². The summed E-state index contributed by atoms with van der Waals surface area (Å²) in [6.45, 7) is 3.71. The highest BCUT2D eigenvalue weighted by Gasteiger charge is 2.34. The molecular formula is C25H23N3O5. The first kappa shape index (κ1) is 21.9. The van der Waals surface area contributed by atoms with E-state index >= 15 is 0 Å². The van der Waals surface area contributed by atoms with Crippen LogP contribution in [0.15, 0.2) is 66.2 Å². The highest BCUT2D eigenvalue weighted by atomic mass is 16.6. The van der Waals surface area contributed by atoms with Crippen LogP contribution in [0.5, 0.6) is 5.75 Å². The van der Waals surface area contributed by atoms with Gasteiger partial charge in [0.05, 0.1) is 12.8 Å². The lowest BCUT2D eigenvalue weighted by Crippen LogP contribution is -2.35. The van der Waals surface area contributed by atoms with Gasteiger partial charge in [-0.1, -0.05) is 18.2 Å². The van der Waals surface area contributed by atoms with E-state index in [-0.39, 0.29) is 12.2 Å². The minimum absolute atomic E-state index is 0.0747. The maximum Gasteiger partial charge on any atom is 0.343 e. The van der Waals surface area contributed by atoms with E-state index in [0.29, 0.717) is 11.4 Å². The molecule has 0 unspecified atom stereocenters. The van der Waals surface area contributed by atoms with Crippen molar-refractivity contribution in [3.63, 3.8) is 0 Å². The van der Waals surface area contributed by atoms with Crippen molar-refractivity contribution in [2.24, 2.45) is 0 Å². The van der Waals surface area contributed by atoms with Gasteiger partial charge in [0, 0.05) is 17.1 Å². The van der Waals surface area contributed by atoms with Gasteiger partial charge in [-0.2, -0.15) is 0 Å². The average molecular weight is 445 g/mol. The monoisotopic (exact) mass is 445 g/mol. The van der Waals surface area contributed by atoms with Crippen LogP contribution < -0.4 is 15.2 Å². The highest BCUT2D eigenvalue weighted by molar-refractivity contribution is 6.31. The topological polar surface area (TPSA) is 89.9 Å². The number of anilines is 1. The van der Waals surface area contributed by atoms with Gasteiger partial charge in [0.1, 0.15) is 11.3 Å². The summed E-state index contributed by atoms with van der Waals surface area (Å²) in [4.78, 5) is 36.6. The van der Waals surface area contributed by atoms with Crippen molar-refractivity contribution in [1.29, 1.82) is 0 Å². The van der Waals surface area contributed by atoms with E-state index in [1.54, 1.807) is 42.5 Å². The molecule has 0 radical (unpaired) electrons. The van der Waals surface area contributed by atoms with Crippen LogP contribution in [-0.2, 0) is 19.1 Å². The van der Waals surface area contributed by atoms with Gasteiger partial charge in [-0.25, -0.2) is 9.80 Å². The van der Waals surface area contributed by atoms with Crippen molar-refractivity contribution in [3.05, 3.63) is 83.2 Å². The summed E-state index contributed by atoms with van der Waals surface area (Å²) in [5.41, 5.74) is 6.76. The third-order valence-electron chi connectivity index (χ3n) is 5.36. The fourth-order valence-electron chi connectivity index (χ4n) is 3.70. The number of aryl methyl sites for hydroxylation is 1. The lowest BCUT2D eigenvalue weighted by molar-refractivity contribution is -0.142. The molecule has 4 rings (SSSR count). The molecule has 1 N–H and O–H groups in total. The maximum absolute atomic E-state index is 12.9. The van der Waals surface area contributed by atoms with Gasteiger partial charge in [-0.05, 0) is 68.0 Å². The number of carbonyl (C=O) groups is 3. The Kier molecular flexibility index (Phi) is 5.99. The van der Waals surface area contributed by atoms with E-state index in [4.69, 9.17) is 4.74 Å². The summed E-state index contributed by atoms with van der Waals surface area (Å²) in [7, 11) is 1.31. The summed E-state index contributed by atoms with van der Waals surface area (Å²) in [5.74, 6) is -0.753. The van der Waals surface area contributed by atoms with Gasteiger partial charge in [-0.3, -0.25) is 15.0 Å². The maximum atomic E-state index is 12.9. The molecule has 1 fully saturated rings. The number of ether oxygens (including phenoxy) is 2. The number of para-hydroxylation sites is 1. The number of esters is 1. The zero-order valence-corrected chi connectivity index (χ0v) is 18.5. The molecule has 168 valence electrons. The molecule has 2 amide bonds. The Morgan fingerprint density at radius 2 is 1.70 bits per heavy atom. The number of methoxy groups -OCH3 is 1. The van der Waals surface area contributed by atoms with Crippen LogP contribution in [0.1, 0.15) is 17.0 Å². The zero-order chi connectivity index (χ0) is 23.5. The second kappa shape index (κ2) is 9.04. The Morgan fingerprint density at radius 3 is 2.36 bits per heavy atom.